The zero-order valence-electron chi connectivity index (χ0n) is 12.6. The average molecular weight is 287 g/mol. The van der Waals surface area contributed by atoms with Crippen LogP contribution in [0.2, 0.25) is 0 Å². The van der Waals surface area contributed by atoms with Crippen LogP contribution in [0, 0.1) is 5.82 Å². The van der Waals surface area contributed by atoms with E-state index in [9.17, 15) is 4.39 Å². The van der Waals surface area contributed by atoms with E-state index in [1.807, 2.05) is 55.1 Å². The van der Waals surface area contributed by atoms with Crippen molar-refractivity contribution in [3.8, 4) is 0 Å². The molecule has 0 saturated carbocycles. The third kappa shape index (κ3) is 3.73. The van der Waals surface area contributed by atoms with E-state index in [-0.39, 0.29) is 5.82 Å². The van der Waals surface area contributed by atoms with Crippen LogP contribution in [0.3, 0.4) is 0 Å². The average Bonchev–Trinajstić information content (AvgIpc) is 2.51. The molecule has 0 unspecified atom stereocenters. The maximum atomic E-state index is 14.2. The van der Waals surface area contributed by atoms with Crippen molar-refractivity contribution < 1.29 is 4.39 Å². The van der Waals surface area contributed by atoms with Gasteiger partial charge < -0.3 is 16.0 Å². The predicted octanol–water partition coefficient (Wildman–Crippen LogP) is 3.87. The minimum absolute atomic E-state index is 0.206. The van der Waals surface area contributed by atoms with Gasteiger partial charge in [-0.15, -0.1) is 0 Å². The molecule has 0 aromatic heterocycles. The molecule has 0 heterocycles. The molecule has 0 atom stereocenters. The number of hydrogen-bond donors (Lipinski definition) is 2. The highest BCUT2D eigenvalue weighted by molar-refractivity contribution is 5.63. The highest BCUT2D eigenvalue weighted by Gasteiger charge is 2.09. The molecule has 0 radical (unpaired) electrons. The quantitative estimate of drug-likeness (QED) is 0.847. The number of anilines is 3. The van der Waals surface area contributed by atoms with E-state index in [0.29, 0.717) is 12.2 Å². The molecular weight excluding hydrogens is 265 g/mol. The molecule has 112 valence electrons. The maximum absolute atomic E-state index is 14.2. The highest BCUT2D eigenvalue weighted by atomic mass is 19.1. The van der Waals surface area contributed by atoms with Crippen molar-refractivity contribution in [2.24, 2.45) is 5.73 Å². The molecule has 2 aromatic carbocycles. The first-order valence-electron chi connectivity index (χ1n) is 7.28. The van der Waals surface area contributed by atoms with Gasteiger partial charge in [0.25, 0.3) is 0 Å². The smallest absolute Gasteiger partial charge is 0.148 e. The molecule has 0 aliphatic carbocycles. The van der Waals surface area contributed by atoms with Gasteiger partial charge in [-0.3, -0.25) is 0 Å². The van der Waals surface area contributed by atoms with Crippen LogP contribution in [0.15, 0.2) is 42.5 Å². The first kappa shape index (κ1) is 15.3. The van der Waals surface area contributed by atoms with Gasteiger partial charge in [-0.1, -0.05) is 12.1 Å². The van der Waals surface area contributed by atoms with Crippen LogP contribution in [-0.2, 0) is 6.54 Å². The zero-order chi connectivity index (χ0) is 15.2. The van der Waals surface area contributed by atoms with Gasteiger partial charge in [0.05, 0.1) is 5.69 Å². The van der Waals surface area contributed by atoms with Gasteiger partial charge in [0.15, 0.2) is 0 Å². The van der Waals surface area contributed by atoms with Crippen LogP contribution in [0.1, 0.15) is 19.4 Å². The van der Waals surface area contributed by atoms with Gasteiger partial charge in [0, 0.05) is 31.0 Å². The fraction of sp³-hybridized carbons (Fsp3) is 0.294. The Morgan fingerprint density at radius 3 is 2.14 bits per heavy atom. The normalized spacial score (nSPS) is 10.5. The van der Waals surface area contributed by atoms with Crippen LogP contribution in [0.4, 0.5) is 21.5 Å². The lowest BCUT2D eigenvalue weighted by Gasteiger charge is -2.22. The molecule has 3 nitrogen and oxygen atoms in total. The number of benzene rings is 2. The van der Waals surface area contributed by atoms with Crippen LogP contribution >= 0.6 is 0 Å². The first-order valence-corrected chi connectivity index (χ1v) is 7.28. The topological polar surface area (TPSA) is 41.3 Å². The summed E-state index contributed by atoms with van der Waals surface area (Å²) in [6, 6.07) is 13.1. The first-order chi connectivity index (χ1) is 10.2. The molecule has 2 aromatic rings. The Morgan fingerprint density at radius 2 is 1.62 bits per heavy atom. The molecule has 0 amide bonds. The number of nitrogens with one attached hydrogen (secondary N) is 1. The van der Waals surface area contributed by atoms with E-state index < -0.39 is 0 Å². The summed E-state index contributed by atoms with van der Waals surface area (Å²) in [5.41, 5.74) is 8.94. The summed E-state index contributed by atoms with van der Waals surface area (Å²) in [6.07, 6.45) is 0. The molecule has 0 aliphatic heterocycles. The lowest BCUT2D eigenvalue weighted by Crippen LogP contribution is -2.22. The number of nitrogens with zero attached hydrogens (tertiary/aromatic N) is 1. The maximum Gasteiger partial charge on any atom is 0.148 e. The van der Waals surface area contributed by atoms with Gasteiger partial charge >= 0.3 is 0 Å². The number of rotatable bonds is 6. The lowest BCUT2D eigenvalue weighted by atomic mass is 10.2. The van der Waals surface area contributed by atoms with E-state index in [1.165, 1.54) is 6.07 Å². The molecular formula is C17H22FN3. The number of nitrogens with two attached hydrogens (primary N) is 1. The molecule has 0 saturated heterocycles. The lowest BCUT2D eigenvalue weighted by molar-refractivity contribution is 0.620. The van der Waals surface area contributed by atoms with E-state index in [2.05, 4.69) is 5.32 Å². The summed E-state index contributed by atoms with van der Waals surface area (Å²) in [5, 5.41) is 3.20. The fourth-order valence-electron chi connectivity index (χ4n) is 2.30. The second-order valence-corrected chi connectivity index (χ2v) is 4.86. The highest BCUT2D eigenvalue weighted by Crippen LogP contribution is 2.25. The van der Waals surface area contributed by atoms with E-state index >= 15 is 0 Å². The van der Waals surface area contributed by atoms with Crippen molar-refractivity contribution in [2.45, 2.75) is 20.4 Å². The van der Waals surface area contributed by atoms with Crippen LogP contribution < -0.4 is 16.0 Å². The fourth-order valence-corrected chi connectivity index (χ4v) is 2.30. The zero-order valence-corrected chi connectivity index (χ0v) is 12.6. The largest absolute Gasteiger partial charge is 0.370 e. The minimum atomic E-state index is -0.206. The second kappa shape index (κ2) is 7.09. The molecule has 0 fully saturated rings. The summed E-state index contributed by atoms with van der Waals surface area (Å²) in [7, 11) is 0. The molecule has 0 bridgehead atoms. The molecule has 3 N–H and O–H groups in total. The van der Waals surface area contributed by atoms with Crippen molar-refractivity contribution in [3.05, 3.63) is 53.8 Å². The monoisotopic (exact) mass is 287 g/mol. The molecule has 2 rings (SSSR count). The van der Waals surface area contributed by atoms with Gasteiger partial charge in [0.1, 0.15) is 5.82 Å². The standard InChI is InChI=1S/C17H22FN3/c1-3-21(4-2)17-10-9-15(11-16(17)18)20-14-7-5-13(12-19)6-8-14/h5-11,20H,3-4,12,19H2,1-2H3. The number of halogens is 1. The predicted molar refractivity (Wildman–Crippen MR) is 87.6 cm³/mol. The molecule has 21 heavy (non-hydrogen) atoms. The Bertz CT molecular complexity index is 577. The van der Waals surface area contributed by atoms with Crippen LogP contribution in [0.5, 0.6) is 0 Å². The summed E-state index contributed by atoms with van der Waals surface area (Å²) >= 11 is 0. The van der Waals surface area contributed by atoms with Gasteiger partial charge in [-0.25, -0.2) is 4.39 Å². The van der Waals surface area contributed by atoms with Gasteiger partial charge in [0.2, 0.25) is 0 Å². The third-order valence-corrected chi connectivity index (χ3v) is 3.53. The number of hydrogen-bond acceptors (Lipinski definition) is 3. The molecule has 0 spiro atoms. The Labute approximate surface area is 125 Å². The third-order valence-electron chi connectivity index (χ3n) is 3.53. The Hall–Kier alpha value is -2.07. The summed E-state index contributed by atoms with van der Waals surface area (Å²) in [6.45, 7) is 6.15. The second-order valence-electron chi connectivity index (χ2n) is 4.86. The van der Waals surface area contributed by atoms with E-state index in [4.69, 9.17) is 5.73 Å². The van der Waals surface area contributed by atoms with E-state index in [0.717, 1.165) is 30.0 Å². The van der Waals surface area contributed by atoms with Crippen molar-refractivity contribution in [1.29, 1.82) is 0 Å². The van der Waals surface area contributed by atoms with Crippen molar-refractivity contribution in [3.63, 3.8) is 0 Å². The van der Waals surface area contributed by atoms with Gasteiger partial charge in [-0.2, -0.15) is 0 Å². The van der Waals surface area contributed by atoms with Crippen molar-refractivity contribution in [2.75, 3.05) is 23.3 Å². The Kier molecular flexibility index (Phi) is 5.17. The Balaban J connectivity index is 2.15. The summed E-state index contributed by atoms with van der Waals surface area (Å²) in [5.74, 6) is -0.206. The van der Waals surface area contributed by atoms with Crippen molar-refractivity contribution in [1.82, 2.24) is 0 Å². The van der Waals surface area contributed by atoms with Crippen LogP contribution in [-0.4, -0.2) is 13.1 Å². The van der Waals surface area contributed by atoms with Gasteiger partial charge in [-0.05, 0) is 49.7 Å². The summed E-state index contributed by atoms with van der Waals surface area (Å²) in [4.78, 5) is 2.00. The summed E-state index contributed by atoms with van der Waals surface area (Å²) < 4.78 is 14.2. The molecule has 4 heteroatoms. The van der Waals surface area contributed by atoms with E-state index in [1.54, 1.807) is 0 Å². The van der Waals surface area contributed by atoms with Crippen molar-refractivity contribution >= 4 is 17.1 Å². The SMILES string of the molecule is CCN(CC)c1ccc(Nc2ccc(CN)cc2)cc1F. The Morgan fingerprint density at radius 1 is 1.00 bits per heavy atom. The minimum Gasteiger partial charge on any atom is -0.370 e. The van der Waals surface area contributed by atoms with Crippen LogP contribution in [0.25, 0.3) is 0 Å². The molecule has 0 aliphatic rings.